The molecule has 0 heterocycles. The van der Waals surface area contributed by atoms with Gasteiger partial charge in [0.05, 0.1) is 18.2 Å². The van der Waals surface area contributed by atoms with E-state index in [2.05, 4.69) is 16.6 Å². The lowest BCUT2D eigenvalue weighted by atomic mass is 10.2. The van der Waals surface area contributed by atoms with Gasteiger partial charge in [-0.15, -0.1) is 0 Å². The first-order valence-electron chi connectivity index (χ1n) is 6.44. The summed E-state index contributed by atoms with van der Waals surface area (Å²) in [6.07, 6.45) is 0.616. The predicted molar refractivity (Wildman–Crippen MR) is 83.7 cm³/mol. The predicted octanol–water partition coefficient (Wildman–Crippen LogP) is 1.35. The van der Waals surface area contributed by atoms with Crippen molar-refractivity contribution >= 4 is 21.6 Å². The van der Waals surface area contributed by atoms with Crippen molar-refractivity contribution < 1.29 is 13.2 Å². The Hall–Kier alpha value is -1.10. The van der Waals surface area contributed by atoms with E-state index in [0.717, 1.165) is 0 Å². The quantitative estimate of drug-likeness (QED) is 0.771. The number of ether oxygens (including phenoxy) is 1. The lowest BCUT2D eigenvalue weighted by Crippen LogP contribution is -2.37. The summed E-state index contributed by atoms with van der Waals surface area (Å²) >= 11 is 6.05. The number of methoxy groups -OCH3 is 1. The zero-order chi connectivity index (χ0) is 15.9. The summed E-state index contributed by atoms with van der Waals surface area (Å²) in [6.45, 7) is 2.40. The highest BCUT2D eigenvalue weighted by atomic mass is 35.5. The summed E-state index contributed by atoms with van der Waals surface area (Å²) in [5.41, 5.74) is 5.91. The van der Waals surface area contributed by atoms with Crippen LogP contribution in [0.15, 0.2) is 23.1 Å². The number of benzene rings is 1. The molecule has 0 fully saturated rings. The number of nitrogens with two attached hydrogens (primary N) is 1. The molecule has 0 aliphatic rings. The minimum Gasteiger partial charge on any atom is -0.383 e. The first-order valence-corrected chi connectivity index (χ1v) is 8.30. The minimum atomic E-state index is -3.70. The lowest BCUT2D eigenvalue weighted by molar-refractivity contribution is 0.173. The number of hydrogen-bond donors (Lipinski definition) is 2. The molecule has 0 saturated heterocycles. The lowest BCUT2D eigenvalue weighted by Gasteiger charge is -2.16. The van der Waals surface area contributed by atoms with Crippen LogP contribution >= 0.6 is 11.6 Å². The molecule has 0 amide bonds. The first kappa shape index (κ1) is 18.0. The van der Waals surface area contributed by atoms with Gasteiger partial charge in [0.15, 0.2) is 0 Å². The van der Waals surface area contributed by atoms with Crippen molar-refractivity contribution in [3.63, 3.8) is 0 Å². The zero-order valence-corrected chi connectivity index (χ0v) is 13.6. The molecular weight excluding hydrogens is 312 g/mol. The number of nitrogens with one attached hydrogen (secondary N) is 1. The van der Waals surface area contributed by atoms with E-state index in [-0.39, 0.29) is 22.5 Å². The first-order chi connectivity index (χ1) is 9.94. The molecule has 1 rings (SSSR count). The van der Waals surface area contributed by atoms with Gasteiger partial charge in [-0.3, -0.25) is 0 Å². The Kier molecular flexibility index (Phi) is 7.15. The summed E-state index contributed by atoms with van der Waals surface area (Å²) in [4.78, 5) is 0.0250. The monoisotopic (exact) mass is 330 g/mol. The van der Waals surface area contributed by atoms with Crippen LogP contribution in [0.2, 0.25) is 5.02 Å². The van der Waals surface area contributed by atoms with E-state index >= 15 is 0 Å². The average molecular weight is 331 g/mol. The Morgan fingerprint density at radius 1 is 1.48 bits per heavy atom. The van der Waals surface area contributed by atoms with Gasteiger partial charge in [0.2, 0.25) is 10.0 Å². The molecule has 1 aromatic carbocycles. The number of hydrogen-bond acceptors (Lipinski definition) is 4. The van der Waals surface area contributed by atoms with Crippen molar-refractivity contribution in [3.05, 3.63) is 28.8 Å². The second kappa shape index (κ2) is 8.37. The second-order valence-electron chi connectivity index (χ2n) is 4.33. The Bertz CT molecular complexity index is 635. The summed E-state index contributed by atoms with van der Waals surface area (Å²) < 4.78 is 32.2. The molecule has 0 aromatic heterocycles. The molecule has 0 radical (unpaired) electrons. The van der Waals surface area contributed by atoms with Crippen LogP contribution in [0.25, 0.3) is 0 Å². The van der Waals surface area contributed by atoms with E-state index in [1.807, 2.05) is 6.92 Å². The van der Waals surface area contributed by atoms with Crippen molar-refractivity contribution in [2.24, 2.45) is 5.73 Å². The molecule has 1 atom stereocenters. The fraction of sp³-hybridized carbons (Fsp3) is 0.429. The highest BCUT2D eigenvalue weighted by Crippen LogP contribution is 2.22. The molecule has 0 saturated carbocycles. The van der Waals surface area contributed by atoms with Crippen molar-refractivity contribution in [2.75, 3.05) is 20.3 Å². The van der Waals surface area contributed by atoms with Gasteiger partial charge in [-0.2, -0.15) is 0 Å². The van der Waals surface area contributed by atoms with Crippen molar-refractivity contribution in [1.29, 1.82) is 0 Å². The van der Waals surface area contributed by atoms with Crippen LogP contribution in [0.3, 0.4) is 0 Å². The fourth-order valence-electron chi connectivity index (χ4n) is 1.67. The van der Waals surface area contributed by atoms with E-state index in [9.17, 15) is 8.42 Å². The Labute approximate surface area is 130 Å². The molecule has 3 N–H and O–H groups in total. The van der Waals surface area contributed by atoms with Crippen LogP contribution in [0.1, 0.15) is 18.9 Å². The minimum absolute atomic E-state index is 0.0250. The third-order valence-corrected chi connectivity index (χ3v) is 4.74. The van der Waals surface area contributed by atoms with Crippen molar-refractivity contribution in [1.82, 2.24) is 4.72 Å². The van der Waals surface area contributed by atoms with Gasteiger partial charge in [-0.25, -0.2) is 13.1 Å². The normalized spacial score (nSPS) is 12.6. The Morgan fingerprint density at radius 2 is 2.19 bits per heavy atom. The van der Waals surface area contributed by atoms with Crippen molar-refractivity contribution in [3.8, 4) is 11.8 Å². The van der Waals surface area contributed by atoms with E-state index in [1.54, 1.807) is 6.07 Å². The highest BCUT2D eigenvalue weighted by molar-refractivity contribution is 7.89. The number of halogens is 1. The van der Waals surface area contributed by atoms with Crippen LogP contribution in [-0.4, -0.2) is 34.7 Å². The standard InChI is InChI=1S/C14H19ClN2O3S/c1-3-12(10-20-2)17-21(18,19)14-7-6-11(5-4-8-16)9-13(14)15/h6-7,9,12,17H,3,8,10,16H2,1-2H3. The molecule has 1 aromatic rings. The third-order valence-electron chi connectivity index (χ3n) is 2.74. The largest absolute Gasteiger partial charge is 0.383 e. The summed E-state index contributed by atoms with van der Waals surface area (Å²) in [7, 11) is -2.17. The molecule has 116 valence electrons. The molecule has 5 nitrogen and oxygen atoms in total. The van der Waals surface area contributed by atoms with Crippen LogP contribution in [0, 0.1) is 11.8 Å². The maximum absolute atomic E-state index is 12.3. The van der Waals surface area contributed by atoms with E-state index in [0.29, 0.717) is 18.6 Å². The fourth-order valence-corrected chi connectivity index (χ4v) is 3.52. The zero-order valence-electron chi connectivity index (χ0n) is 12.0. The molecule has 21 heavy (non-hydrogen) atoms. The average Bonchev–Trinajstić information content (AvgIpc) is 2.44. The van der Waals surface area contributed by atoms with Crippen LogP contribution in [0.5, 0.6) is 0 Å². The van der Waals surface area contributed by atoms with Gasteiger partial charge in [-0.1, -0.05) is 30.4 Å². The topological polar surface area (TPSA) is 81.4 Å². The smallest absolute Gasteiger partial charge is 0.242 e. The van der Waals surface area contributed by atoms with Crippen LogP contribution in [-0.2, 0) is 14.8 Å². The molecule has 0 spiro atoms. The maximum atomic E-state index is 12.3. The van der Waals surface area contributed by atoms with Gasteiger partial charge >= 0.3 is 0 Å². The SMILES string of the molecule is CCC(COC)NS(=O)(=O)c1ccc(C#CCN)cc1Cl. The Balaban J connectivity index is 3.03. The van der Waals surface area contributed by atoms with Gasteiger partial charge in [0.25, 0.3) is 0 Å². The van der Waals surface area contributed by atoms with Crippen molar-refractivity contribution in [2.45, 2.75) is 24.3 Å². The van der Waals surface area contributed by atoms with E-state index in [4.69, 9.17) is 22.1 Å². The molecular formula is C14H19ClN2O3S. The van der Waals surface area contributed by atoms with E-state index in [1.165, 1.54) is 19.2 Å². The number of rotatable bonds is 6. The molecule has 1 unspecified atom stereocenters. The highest BCUT2D eigenvalue weighted by Gasteiger charge is 2.21. The van der Waals surface area contributed by atoms with Crippen LogP contribution in [0.4, 0.5) is 0 Å². The van der Waals surface area contributed by atoms with Gasteiger partial charge < -0.3 is 10.5 Å². The van der Waals surface area contributed by atoms with Crippen LogP contribution < -0.4 is 10.5 Å². The molecule has 0 aliphatic carbocycles. The Morgan fingerprint density at radius 3 is 2.71 bits per heavy atom. The maximum Gasteiger partial charge on any atom is 0.242 e. The third kappa shape index (κ3) is 5.30. The molecule has 0 aliphatic heterocycles. The molecule has 0 bridgehead atoms. The summed E-state index contributed by atoms with van der Waals surface area (Å²) in [5, 5.41) is 0.124. The van der Waals surface area contributed by atoms with Gasteiger partial charge in [0, 0.05) is 18.7 Å². The van der Waals surface area contributed by atoms with Gasteiger partial charge in [-0.05, 0) is 24.6 Å². The molecule has 7 heteroatoms. The number of sulfonamides is 1. The second-order valence-corrected chi connectivity index (χ2v) is 6.42. The van der Waals surface area contributed by atoms with Gasteiger partial charge in [0.1, 0.15) is 4.90 Å². The summed E-state index contributed by atoms with van der Waals surface area (Å²) in [6, 6.07) is 4.24. The van der Waals surface area contributed by atoms with E-state index < -0.39 is 10.0 Å². The summed E-state index contributed by atoms with van der Waals surface area (Å²) in [5.74, 6) is 5.49.